The van der Waals surface area contributed by atoms with Gasteiger partial charge in [0, 0.05) is 17.9 Å². The maximum Gasteiger partial charge on any atom is 0.302 e. The monoisotopic (exact) mass is 522 g/mol. The molecule has 3 aliphatic rings. The van der Waals surface area contributed by atoms with Crippen LogP contribution in [0, 0.1) is 17.3 Å². The molecular weight excluding hydrogens is 484 g/mol. The molecule has 0 unspecified atom stereocenters. The topological polar surface area (TPSA) is 80.3 Å². The standard InChI is InChI=1S/C31H38O7/c1-17(32)38-28-10-9-24-21-8-7-18-13-25(34-3)23(16-22(18)20(21)11-12-31(24,28)2)29(33)19-14-26(35-4)30(37-6)27(15-19)36-5/h13-16,20-21,24,28H,7-12H2,1-6H3/t20-,21+,24-,28-,31-/m0/s1. The first kappa shape index (κ1) is 26.4. The number of methoxy groups -OCH3 is 4. The summed E-state index contributed by atoms with van der Waals surface area (Å²) in [4.78, 5) is 25.7. The van der Waals surface area contributed by atoms with E-state index < -0.39 is 0 Å². The number of ketones is 1. The van der Waals surface area contributed by atoms with Crippen molar-refractivity contribution in [1.82, 2.24) is 0 Å². The zero-order valence-electron chi connectivity index (χ0n) is 23.2. The quantitative estimate of drug-likeness (QED) is 0.339. The Bertz CT molecular complexity index is 1230. The van der Waals surface area contributed by atoms with Gasteiger partial charge in [0.1, 0.15) is 11.9 Å². The molecule has 0 radical (unpaired) electrons. The average Bonchev–Trinajstić information content (AvgIpc) is 3.25. The Hall–Kier alpha value is -3.22. The lowest BCUT2D eigenvalue weighted by Gasteiger charge is -2.50. The van der Waals surface area contributed by atoms with Gasteiger partial charge < -0.3 is 23.7 Å². The van der Waals surface area contributed by atoms with Gasteiger partial charge in [0.15, 0.2) is 17.3 Å². The van der Waals surface area contributed by atoms with Crippen LogP contribution in [0.4, 0.5) is 0 Å². The van der Waals surface area contributed by atoms with Gasteiger partial charge in [-0.15, -0.1) is 0 Å². The summed E-state index contributed by atoms with van der Waals surface area (Å²) >= 11 is 0. The highest BCUT2D eigenvalue weighted by Gasteiger charge is 2.56. The zero-order chi connectivity index (χ0) is 27.2. The number of rotatable bonds is 7. The Morgan fingerprint density at radius 3 is 2.13 bits per heavy atom. The summed E-state index contributed by atoms with van der Waals surface area (Å²) in [6.07, 6.45) is 6.11. The Morgan fingerprint density at radius 2 is 1.53 bits per heavy atom. The molecule has 3 aliphatic carbocycles. The van der Waals surface area contributed by atoms with Gasteiger partial charge >= 0.3 is 5.97 Å². The van der Waals surface area contributed by atoms with Crippen LogP contribution in [0.15, 0.2) is 24.3 Å². The second-order valence-electron chi connectivity index (χ2n) is 11.1. The minimum atomic E-state index is -0.185. The molecule has 0 amide bonds. The van der Waals surface area contributed by atoms with E-state index in [1.54, 1.807) is 26.4 Å². The van der Waals surface area contributed by atoms with Crippen molar-refractivity contribution in [3.8, 4) is 23.0 Å². The van der Waals surface area contributed by atoms with E-state index in [1.165, 1.54) is 32.3 Å². The normalized spacial score (nSPS) is 27.4. The second-order valence-corrected chi connectivity index (χ2v) is 11.1. The number of hydrogen-bond donors (Lipinski definition) is 0. The molecule has 7 nitrogen and oxygen atoms in total. The fraction of sp³-hybridized carbons (Fsp3) is 0.548. The summed E-state index contributed by atoms with van der Waals surface area (Å²) in [5.41, 5.74) is 3.53. The zero-order valence-corrected chi connectivity index (χ0v) is 23.2. The molecule has 0 N–H and O–H groups in total. The van der Waals surface area contributed by atoms with Crippen LogP contribution in [0.3, 0.4) is 0 Å². The maximum absolute atomic E-state index is 13.9. The maximum atomic E-state index is 13.9. The van der Waals surface area contributed by atoms with Crippen molar-refractivity contribution in [2.45, 2.75) is 64.4 Å². The van der Waals surface area contributed by atoms with E-state index in [1.807, 2.05) is 0 Å². The first-order valence-corrected chi connectivity index (χ1v) is 13.5. The minimum absolute atomic E-state index is 0.000357. The van der Waals surface area contributed by atoms with Crippen LogP contribution in [0.2, 0.25) is 0 Å². The molecule has 0 bridgehead atoms. The molecule has 5 atom stereocenters. The molecule has 0 heterocycles. The van der Waals surface area contributed by atoms with Crippen molar-refractivity contribution in [1.29, 1.82) is 0 Å². The summed E-state index contributed by atoms with van der Waals surface area (Å²) in [6.45, 7) is 3.83. The molecular formula is C31H38O7. The van der Waals surface area contributed by atoms with Crippen molar-refractivity contribution in [3.63, 3.8) is 0 Å². The predicted molar refractivity (Wildman–Crippen MR) is 143 cm³/mol. The van der Waals surface area contributed by atoms with Crippen LogP contribution in [-0.2, 0) is 16.0 Å². The van der Waals surface area contributed by atoms with Gasteiger partial charge in [-0.3, -0.25) is 9.59 Å². The summed E-state index contributed by atoms with van der Waals surface area (Å²) < 4.78 is 27.9. The Labute approximate surface area is 224 Å². The van der Waals surface area contributed by atoms with Crippen LogP contribution in [0.5, 0.6) is 23.0 Å². The largest absolute Gasteiger partial charge is 0.496 e. The Kier molecular flexibility index (Phi) is 7.05. The van der Waals surface area contributed by atoms with E-state index in [9.17, 15) is 9.59 Å². The van der Waals surface area contributed by atoms with Gasteiger partial charge in [-0.25, -0.2) is 0 Å². The van der Waals surface area contributed by atoms with Crippen molar-refractivity contribution in [2.75, 3.05) is 28.4 Å². The summed E-state index contributed by atoms with van der Waals surface area (Å²) in [5.74, 6) is 2.96. The molecule has 7 heteroatoms. The van der Waals surface area contributed by atoms with Crippen LogP contribution in [-0.4, -0.2) is 46.3 Å². The van der Waals surface area contributed by atoms with Gasteiger partial charge in [-0.05, 0) is 91.7 Å². The van der Waals surface area contributed by atoms with Crippen molar-refractivity contribution < 1.29 is 33.3 Å². The lowest BCUT2D eigenvalue weighted by atomic mass is 9.55. The van der Waals surface area contributed by atoms with Gasteiger partial charge in [0.25, 0.3) is 0 Å². The SMILES string of the molecule is COc1cc2c(cc1C(=O)c1cc(OC)c(OC)c(OC)c1)[C@H]1CC[C@]3(C)[C@@H](OC(C)=O)CC[C@H]3[C@@H]1CC2. The third kappa shape index (κ3) is 4.20. The third-order valence-corrected chi connectivity index (χ3v) is 9.44. The number of carbonyl (C=O) groups is 2. The molecule has 38 heavy (non-hydrogen) atoms. The van der Waals surface area contributed by atoms with E-state index in [4.69, 9.17) is 23.7 Å². The summed E-state index contributed by atoms with van der Waals surface area (Å²) in [5, 5.41) is 0. The Morgan fingerprint density at radius 1 is 0.842 bits per heavy atom. The van der Waals surface area contributed by atoms with E-state index in [-0.39, 0.29) is 23.3 Å². The lowest BCUT2D eigenvalue weighted by molar-refractivity contribution is -0.154. The van der Waals surface area contributed by atoms with Gasteiger partial charge in [0.05, 0.1) is 34.0 Å². The first-order chi connectivity index (χ1) is 18.2. The molecule has 0 aliphatic heterocycles. The molecule has 0 spiro atoms. The van der Waals surface area contributed by atoms with Gasteiger partial charge in [-0.2, -0.15) is 0 Å². The summed E-state index contributed by atoms with van der Waals surface area (Å²) in [7, 11) is 6.23. The van der Waals surface area contributed by atoms with E-state index in [0.717, 1.165) is 38.5 Å². The lowest BCUT2D eigenvalue weighted by Crippen LogP contribution is -2.45. The smallest absolute Gasteiger partial charge is 0.302 e. The molecule has 0 saturated heterocycles. The molecule has 204 valence electrons. The number of fused-ring (bicyclic) bond motifs is 5. The third-order valence-electron chi connectivity index (χ3n) is 9.44. The van der Waals surface area contributed by atoms with Crippen LogP contribution in [0.25, 0.3) is 0 Å². The number of ether oxygens (including phenoxy) is 5. The highest BCUT2D eigenvalue weighted by molar-refractivity contribution is 6.11. The summed E-state index contributed by atoms with van der Waals surface area (Å²) in [6, 6.07) is 7.49. The van der Waals surface area contributed by atoms with Crippen LogP contribution >= 0.6 is 0 Å². The number of aryl methyl sites for hydroxylation is 1. The fourth-order valence-corrected chi connectivity index (χ4v) is 7.66. The number of carbonyl (C=O) groups excluding carboxylic acids is 2. The first-order valence-electron chi connectivity index (χ1n) is 13.5. The van der Waals surface area contributed by atoms with Crippen LogP contribution < -0.4 is 18.9 Å². The van der Waals surface area contributed by atoms with E-state index in [2.05, 4.69) is 19.1 Å². The molecule has 5 rings (SSSR count). The Balaban J connectivity index is 1.51. The average molecular weight is 523 g/mol. The van der Waals surface area contributed by atoms with Gasteiger partial charge in [0.2, 0.25) is 5.75 Å². The van der Waals surface area contributed by atoms with Crippen molar-refractivity contribution in [2.24, 2.45) is 17.3 Å². The van der Waals surface area contributed by atoms with E-state index in [0.29, 0.717) is 51.9 Å². The molecule has 2 saturated carbocycles. The highest BCUT2D eigenvalue weighted by Crippen LogP contribution is 2.61. The number of esters is 1. The number of hydrogen-bond acceptors (Lipinski definition) is 7. The molecule has 2 aromatic rings. The van der Waals surface area contributed by atoms with Crippen molar-refractivity contribution >= 4 is 11.8 Å². The molecule has 2 aromatic carbocycles. The van der Waals surface area contributed by atoms with Crippen LogP contribution in [0.1, 0.15) is 78.9 Å². The second kappa shape index (κ2) is 10.2. The highest BCUT2D eigenvalue weighted by atomic mass is 16.5. The van der Waals surface area contributed by atoms with Crippen molar-refractivity contribution in [3.05, 3.63) is 46.5 Å². The molecule has 2 fully saturated rings. The minimum Gasteiger partial charge on any atom is -0.496 e. The van der Waals surface area contributed by atoms with Gasteiger partial charge in [-0.1, -0.05) is 6.92 Å². The fourth-order valence-electron chi connectivity index (χ4n) is 7.66. The van der Waals surface area contributed by atoms with E-state index >= 15 is 0 Å². The predicted octanol–water partition coefficient (Wildman–Crippen LogP) is 5.74. The number of benzene rings is 2. The molecule has 0 aromatic heterocycles.